The molecule has 2 rings (SSSR count). The van der Waals surface area contributed by atoms with Gasteiger partial charge in [-0.2, -0.15) is 0 Å². The summed E-state index contributed by atoms with van der Waals surface area (Å²) >= 11 is 5.88. The number of hydrogen-bond donors (Lipinski definition) is 2. The van der Waals surface area contributed by atoms with Gasteiger partial charge in [0.2, 0.25) is 0 Å². The third-order valence-electron chi connectivity index (χ3n) is 3.94. The molecule has 0 aromatic heterocycles. The van der Waals surface area contributed by atoms with Gasteiger partial charge in [0.25, 0.3) is 5.91 Å². The summed E-state index contributed by atoms with van der Waals surface area (Å²) in [7, 11) is 1.70. The van der Waals surface area contributed by atoms with Crippen LogP contribution in [-0.4, -0.2) is 45.9 Å². The first-order valence-corrected chi connectivity index (χ1v) is 7.86. The molecule has 0 aliphatic carbocycles. The van der Waals surface area contributed by atoms with E-state index in [-0.39, 0.29) is 30.3 Å². The fourth-order valence-electron chi connectivity index (χ4n) is 2.68. The Bertz CT molecular complexity index is 488. The zero-order valence-corrected chi connectivity index (χ0v) is 14.8. The first-order chi connectivity index (χ1) is 10.6. The highest BCUT2D eigenvalue weighted by atomic mass is 35.5. The molecular formula is C16H24Cl2N2O3. The number of benzene rings is 1. The van der Waals surface area contributed by atoms with Gasteiger partial charge in [0.05, 0.1) is 6.61 Å². The topological polar surface area (TPSA) is 59.6 Å². The van der Waals surface area contributed by atoms with Crippen LogP contribution in [0.2, 0.25) is 5.02 Å². The molecule has 0 atom stereocenters. The van der Waals surface area contributed by atoms with Crippen LogP contribution >= 0.6 is 24.0 Å². The van der Waals surface area contributed by atoms with Crippen LogP contribution in [0.1, 0.15) is 12.8 Å². The molecule has 0 radical (unpaired) electrons. The standard InChI is InChI=1S/C16H23ClN2O3.ClH/c1-21-12-16(5-7-18-8-6-16)11-19-15(20)10-22-14-4-2-3-13(17)9-14;/h2-4,9,18H,5-8,10-12H2,1H3,(H,19,20);1H. The van der Waals surface area contributed by atoms with E-state index in [0.29, 0.717) is 23.9 Å². The smallest absolute Gasteiger partial charge is 0.257 e. The maximum absolute atomic E-state index is 12.0. The molecule has 0 spiro atoms. The summed E-state index contributed by atoms with van der Waals surface area (Å²) in [5, 5.41) is 6.88. The van der Waals surface area contributed by atoms with Crippen molar-refractivity contribution >= 4 is 29.9 Å². The van der Waals surface area contributed by atoms with E-state index >= 15 is 0 Å². The van der Waals surface area contributed by atoms with Crippen LogP contribution in [0, 0.1) is 5.41 Å². The van der Waals surface area contributed by atoms with Gasteiger partial charge in [-0.05, 0) is 44.1 Å². The van der Waals surface area contributed by atoms with Gasteiger partial charge in [0, 0.05) is 24.1 Å². The molecule has 1 aromatic rings. The van der Waals surface area contributed by atoms with Gasteiger partial charge in [-0.3, -0.25) is 4.79 Å². The normalized spacial score (nSPS) is 16.3. The van der Waals surface area contributed by atoms with Crippen molar-refractivity contribution in [2.24, 2.45) is 5.41 Å². The number of ether oxygens (including phenoxy) is 2. The van der Waals surface area contributed by atoms with Gasteiger partial charge in [0.15, 0.2) is 6.61 Å². The molecule has 1 aromatic carbocycles. The number of carbonyl (C=O) groups excluding carboxylic acids is 1. The Kier molecular flexibility index (Phi) is 8.69. The van der Waals surface area contributed by atoms with E-state index in [1.807, 2.05) is 0 Å². The number of hydrogen-bond acceptors (Lipinski definition) is 4. The molecule has 1 fully saturated rings. The summed E-state index contributed by atoms with van der Waals surface area (Å²) in [6.45, 7) is 3.17. The molecule has 1 aliphatic rings. The lowest BCUT2D eigenvalue weighted by atomic mass is 9.79. The zero-order chi connectivity index (χ0) is 15.8. The van der Waals surface area contributed by atoms with Crippen LogP contribution in [0.15, 0.2) is 24.3 Å². The molecule has 0 saturated carbocycles. The van der Waals surface area contributed by atoms with Crippen molar-refractivity contribution in [3.05, 3.63) is 29.3 Å². The minimum absolute atomic E-state index is 0. The fraction of sp³-hybridized carbons (Fsp3) is 0.562. The van der Waals surface area contributed by atoms with Crippen LogP contribution in [0.25, 0.3) is 0 Å². The Balaban J connectivity index is 0.00000264. The average molecular weight is 363 g/mol. The van der Waals surface area contributed by atoms with E-state index in [4.69, 9.17) is 21.1 Å². The molecule has 7 heteroatoms. The predicted octanol–water partition coefficient (Wildman–Crippen LogP) is 2.27. The number of piperidine rings is 1. The maximum Gasteiger partial charge on any atom is 0.257 e. The highest BCUT2D eigenvalue weighted by molar-refractivity contribution is 6.30. The van der Waals surface area contributed by atoms with Gasteiger partial charge in [0.1, 0.15) is 5.75 Å². The minimum Gasteiger partial charge on any atom is -0.484 e. The van der Waals surface area contributed by atoms with Crippen LogP contribution in [0.4, 0.5) is 0 Å². The summed E-state index contributed by atoms with van der Waals surface area (Å²) in [4.78, 5) is 12.0. The van der Waals surface area contributed by atoms with Gasteiger partial charge in [-0.15, -0.1) is 12.4 Å². The monoisotopic (exact) mass is 362 g/mol. The van der Waals surface area contributed by atoms with E-state index in [2.05, 4.69) is 10.6 Å². The molecule has 1 aliphatic heterocycles. The Morgan fingerprint density at radius 2 is 2.13 bits per heavy atom. The highest BCUT2D eigenvalue weighted by Crippen LogP contribution is 2.28. The second-order valence-corrected chi connectivity index (χ2v) is 6.14. The third-order valence-corrected chi connectivity index (χ3v) is 4.18. The first kappa shape index (κ1) is 20.0. The predicted molar refractivity (Wildman–Crippen MR) is 93.6 cm³/mol. The van der Waals surface area contributed by atoms with Crippen molar-refractivity contribution in [3.8, 4) is 5.75 Å². The number of nitrogens with one attached hydrogen (secondary N) is 2. The lowest BCUT2D eigenvalue weighted by molar-refractivity contribution is -0.124. The maximum atomic E-state index is 12.0. The largest absolute Gasteiger partial charge is 0.484 e. The zero-order valence-electron chi connectivity index (χ0n) is 13.3. The minimum atomic E-state index is -0.131. The highest BCUT2D eigenvalue weighted by Gasteiger charge is 2.32. The Hall–Kier alpha value is -1.01. The van der Waals surface area contributed by atoms with Crippen LogP contribution in [-0.2, 0) is 9.53 Å². The van der Waals surface area contributed by atoms with E-state index in [1.165, 1.54) is 0 Å². The van der Waals surface area contributed by atoms with Crippen LogP contribution in [0.5, 0.6) is 5.75 Å². The molecule has 5 nitrogen and oxygen atoms in total. The Morgan fingerprint density at radius 1 is 1.39 bits per heavy atom. The lowest BCUT2D eigenvalue weighted by Gasteiger charge is -2.37. The molecule has 1 saturated heterocycles. The molecule has 23 heavy (non-hydrogen) atoms. The number of carbonyl (C=O) groups is 1. The number of rotatable bonds is 7. The lowest BCUT2D eigenvalue weighted by Crippen LogP contribution is -2.47. The number of methoxy groups -OCH3 is 1. The molecular weight excluding hydrogens is 339 g/mol. The van der Waals surface area contributed by atoms with Crippen molar-refractivity contribution in [1.82, 2.24) is 10.6 Å². The molecule has 1 amide bonds. The third kappa shape index (κ3) is 6.55. The van der Waals surface area contributed by atoms with Crippen molar-refractivity contribution in [3.63, 3.8) is 0 Å². The van der Waals surface area contributed by atoms with E-state index in [9.17, 15) is 4.79 Å². The molecule has 0 unspecified atom stereocenters. The van der Waals surface area contributed by atoms with E-state index in [0.717, 1.165) is 25.9 Å². The summed E-state index contributed by atoms with van der Waals surface area (Å²) in [6, 6.07) is 7.02. The number of halogens is 2. The summed E-state index contributed by atoms with van der Waals surface area (Å²) in [6.07, 6.45) is 1.99. The van der Waals surface area contributed by atoms with Crippen molar-refractivity contribution in [2.45, 2.75) is 12.8 Å². The second-order valence-electron chi connectivity index (χ2n) is 5.71. The van der Waals surface area contributed by atoms with Crippen LogP contribution in [0.3, 0.4) is 0 Å². The Labute approximate surface area is 148 Å². The number of amides is 1. The van der Waals surface area contributed by atoms with Crippen molar-refractivity contribution in [2.75, 3.05) is 40.0 Å². The van der Waals surface area contributed by atoms with Gasteiger partial charge < -0.3 is 20.1 Å². The average Bonchev–Trinajstić information content (AvgIpc) is 2.52. The van der Waals surface area contributed by atoms with E-state index in [1.54, 1.807) is 31.4 Å². The first-order valence-electron chi connectivity index (χ1n) is 7.48. The van der Waals surface area contributed by atoms with Crippen LogP contribution < -0.4 is 15.4 Å². The summed E-state index contributed by atoms with van der Waals surface area (Å²) in [5.41, 5.74) is 0.0196. The quantitative estimate of drug-likeness (QED) is 0.780. The summed E-state index contributed by atoms with van der Waals surface area (Å²) < 4.78 is 10.8. The molecule has 2 N–H and O–H groups in total. The molecule has 130 valence electrons. The summed E-state index contributed by atoms with van der Waals surface area (Å²) in [5.74, 6) is 0.463. The fourth-order valence-corrected chi connectivity index (χ4v) is 2.86. The van der Waals surface area contributed by atoms with Gasteiger partial charge in [-0.1, -0.05) is 17.7 Å². The second kappa shape index (κ2) is 9.98. The van der Waals surface area contributed by atoms with Gasteiger partial charge >= 0.3 is 0 Å². The molecule has 0 bridgehead atoms. The van der Waals surface area contributed by atoms with E-state index < -0.39 is 0 Å². The van der Waals surface area contributed by atoms with Gasteiger partial charge in [-0.25, -0.2) is 0 Å². The van der Waals surface area contributed by atoms with Crippen molar-refractivity contribution < 1.29 is 14.3 Å². The van der Waals surface area contributed by atoms with Crippen molar-refractivity contribution in [1.29, 1.82) is 0 Å². The Morgan fingerprint density at radius 3 is 2.78 bits per heavy atom. The molecule has 1 heterocycles. The SMILES string of the molecule is COCC1(CNC(=O)COc2cccc(Cl)c2)CCNCC1.Cl.